The summed E-state index contributed by atoms with van der Waals surface area (Å²) in [6.45, 7) is 3.20. The molecule has 0 saturated heterocycles. The number of carboxylic acid groups (broad SMARTS) is 1. The van der Waals surface area contributed by atoms with Crippen LogP contribution >= 0.6 is 11.8 Å². The van der Waals surface area contributed by atoms with E-state index < -0.39 is 12.0 Å². The van der Waals surface area contributed by atoms with Crippen molar-refractivity contribution in [3.05, 3.63) is 11.7 Å². The maximum Gasteiger partial charge on any atom is 0.327 e. The number of carboxylic acids is 1. The number of nitrogens with zero attached hydrogens (tertiary/aromatic N) is 2. The summed E-state index contributed by atoms with van der Waals surface area (Å²) in [7, 11) is 0. The molecule has 0 aliphatic heterocycles. The summed E-state index contributed by atoms with van der Waals surface area (Å²) in [6, 6.07) is -0.902. The van der Waals surface area contributed by atoms with E-state index in [1.54, 1.807) is 0 Å². The van der Waals surface area contributed by atoms with Crippen molar-refractivity contribution in [3.63, 3.8) is 0 Å². The smallest absolute Gasteiger partial charge is 0.327 e. The molecule has 0 fully saturated rings. The normalized spacial score (nSPS) is 12.1. The molecule has 1 rings (SSSR count). The molecule has 1 aromatic rings. The van der Waals surface area contributed by atoms with Crippen molar-refractivity contribution >= 4 is 23.6 Å². The predicted molar refractivity (Wildman–Crippen MR) is 65.1 cm³/mol. The minimum absolute atomic E-state index is 0.249. The van der Waals surface area contributed by atoms with Crippen molar-refractivity contribution in [2.45, 2.75) is 32.1 Å². The molecule has 0 spiro atoms. The summed E-state index contributed by atoms with van der Waals surface area (Å²) in [5.41, 5.74) is 0. The van der Waals surface area contributed by atoms with Crippen LogP contribution in [0.3, 0.4) is 0 Å². The van der Waals surface area contributed by atoms with Crippen molar-refractivity contribution in [2.75, 3.05) is 5.75 Å². The van der Waals surface area contributed by atoms with Crippen molar-refractivity contribution in [1.29, 1.82) is 0 Å². The average Bonchev–Trinajstić information content (AvgIpc) is 2.75. The Morgan fingerprint density at radius 1 is 1.56 bits per heavy atom. The van der Waals surface area contributed by atoms with E-state index in [2.05, 4.69) is 15.5 Å². The van der Waals surface area contributed by atoms with E-state index in [1.165, 1.54) is 18.7 Å². The van der Waals surface area contributed by atoms with Gasteiger partial charge in [0.15, 0.2) is 5.82 Å². The first-order valence-electron chi connectivity index (χ1n) is 5.42. The Bertz CT molecular complexity index is 421. The van der Waals surface area contributed by atoms with Crippen LogP contribution in [0.15, 0.2) is 4.52 Å². The van der Waals surface area contributed by atoms with Gasteiger partial charge in [-0.3, -0.25) is 4.79 Å². The minimum Gasteiger partial charge on any atom is -0.480 e. The fourth-order valence-corrected chi connectivity index (χ4v) is 2.05. The topological polar surface area (TPSA) is 105 Å². The van der Waals surface area contributed by atoms with E-state index in [1.807, 2.05) is 6.92 Å². The molecule has 0 bridgehead atoms. The van der Waals surface area contributed by atoms with E-state index in [4.69, 9.17) is 9.63 Å². The van der Waals surface area contributed by atoms with Crippen LogP contribution in [0.4, 0.5) is 0 Å². The zero-order valence-corrected chi connectivity index (χ0v) is 11.0. The van der Waals surface area contributed by atoms with Crippen LogP contribution in [0.1, 0.15) is 25.6 Å². The molecule has 2 N–H and O–H groups in total. The van der Waals surface area contributed by atoms with E-state index >= 15 is 0 Å². The zero-order valence-electron chi connectivity index (χ0n) is 10.2. The predicted octanol–water partition coefficient (Wildman–Crippen LogP) is 0.454. The summed E-state index contributed by atoms with van der Waals surface area (Å²) in [4.78, 5) is 25.8. The third kappa shape index (κ3) is 4.74. The molecule has 1 amide bonds. The molecule has 0 aromatic carbocycles. The van der Waals surface area contributed by atoms with Crippen LogP contribution in [0, 0.1) is 0 Å². The van der Waals surface area contributed by atoms with Gasteiger partial charge in [0.2, 0.25) is 11.8 Å². The number of aliphatic carboxylic acids is 1. The third-order valence-corrected chi connectivity index (χ3v) is 3.03. The van der Waals surface area contributed by atoms with Gasteiger partial charge in [-0.05, 0) is 0 Å². The van der Waals surface area contributed by atoms with Gasteiger partial charge in [-0.2, -0.15) is 4.98 Å². The number of carbonyl (C=O) groups excluding carboxylic acids is 1. The molecule has 18 heavy (non-hydrogen) atoms. The number of amides is 1. The van der Waals surface area contributed by atoms with Gasteiger partial charge in [-0.15, -0.1) is 11.8 Å². The second-order valence-corrected chi connectivity index (χ2v) is 4.59. The number of hydrogen-bond donors (Lipinski definition) is 2. The highest BCUT2D eigenvalue weighted by atomic mass is 32.2. The first-order valence-corrected chi connectivity index (χ1v) is 6.57. The van der Waals surface area contributed by atoms with Crippen LogP contribution < -0.4 is 5.32 Å². The van der Waals surface area contributed by atoms with Crippen molar-refractivity contribution < 1.29 is 19.2 Å². The monoisotopic (exact) mass is 273 g/mol. The number of aromatic nitrogens is 2. The highest BCUT2D eigenvalue weighted by molar-refractivity contribution is 7.98. The van der Waals surface area contributed by atoms with E-state index in [0.29, 0.717) is 23.9 Å². The minimum atomic E-state index is -1.06. The molecule has 1 heterocycles. The van der Waals surface area contributed by atoms with Gasteiger partial charge in [-0.25, -0.2) is 4.79 Å². The Balaban J connectivity index is 2.38. The fourth-order valence-electron chi connectivity index (χ4n) is 1.18. The van der Waals surface area contributed by atoms with Crippen molar-refractivity contribution in [1.82, 2.24) is 15.5 Å². The molecular weight excluding hydrogens is 258 g/mol. The van der Waals surface area contributed by atoms with E-state index in [9.17, 15) is 9.59 Å². The SMILES string of the molecule is CCc1noc(CSC[C@H](NC(C)=O)C(=O)O)n1. The van der Waals surface area contributed by atoms with Gasteiger partial charge in [0.05, 0.1) is 5.75 Å². The molecule has 100 valence electrons. The van der Waals surface area contributed by atoms with E-state index in [-0.39, 0.29) is 11.7 Å². The maximum atomic E-state index is 10.8. The van der Waals surface area contributed by atoms with Crippen LogP contribution in [0.25, 0.3) is 0 Å². The number of thioether (sulfide) groups is 1. The lowest BCUT2D eigenvalue weighted by Crippen LogP contribution is -2.41. The molecule has 0 saturated carbocycles. The van der Waals surface area contributed by atoms with Gasteiger partial charge in [0.25, 0.3) is 0 Å². The van der Waals surface area contributed by atoms with Crippen molar-refractivity contribution in [3.8, 4) is 0 Å². The molecule has 8 heteroatoms. The maximum absolute atomic E-state index is 10.8. The van der Waals surface area contributed by atoms with Crippen LogP contribution in [-0.4, -0.2) is 38.9 Å². The van der Waals surface area contributed by atoms with Gasteiger partial charge in [0.1, 0.15) is 6.04 Å². The summed E-state index contributed by atoms with van der Waals surface area (Å²) in [5.74, 6) is 0.340. The average molecular weight is 273 g/mol. The third-order valence-electron chi connectivity index (χ3n) is 2.01. The Morgan fingerprint density at radius 2 is 2.28 bits per heavy atom. The van der Waals surface area contributed by atoms with Gasteiger partial charge >= 0.3 is 5.97 Å². The summed E-state index contributed by atoms with van der Waals surface area (Å²) in [5, 5.41) is 15.0. The molecular formula is C10H15N3O4S. The standard InChI is InChI=1S/C10H15N3O4S/c1-3-8-12-9(17-13-8)5-18-4-7(10(15)16)11-6(2)14/h7H,3-5H2,1-2H3,(H,11,14)(H,15,16)/t7-/m0/s1. The molecule has 0 aliphatic rings. The lowest BCUT2D eigenvalue weighted by Gasteiger charge is -2.11. The van der Waals surface area contributed by atoms with Crippen molar-refractivity contribution in [2.24, 2.45) is 0 Å². The fraction of sp³-hybridized carbons (Fsp3) is 0.600. The second-order valence-electron chi connectivity index (χ2n) is 3.56. The molecule has 7 nitrogen and oxygen atoms in total. The highest BCUT2D eigenvalue weighted by Gasteiger charge is 2.18. The number of hydrogen-bond acceptors (Lipinski definition) is 6. The zero-order chi connectivity index (χ0) is 13.5. The van der Waals surface area contributed by atoms with E-state index in [0.717, 1.165) is 0 Å². The van der Waals surface area contributed by atoms with Crippen LogP contribution in [0.2, 0.25) is 0 Å². The molecule has 1 aromatic heterocycles. The summed E-state index contributed by atoms with van der Waals surface area (Å²) < 4.78 is 4.96. The van der Waals surface area contributed by atoms with Crippen LogP contribution in [0.5, 0.6) is 0 Å². The second kappa shape index (κ2) is 7.00. The quantitative estimate of drug-likeness (QED) is 0.743. The molecule has 0 radical (unpaired) electrons. The summed E-state index contributed by atoms with van der Waals surface area (Å²) >= 11 is 1.32. The van der Waals surface area contributed by atoms with Gasteiger partial charge < -0.3 is 14.9 Å². The number of carbonyl (C=O) groups is 2. The highest BCUT2D eigenvalue weighted by Crippen LogP contribution is 2.12. The number of aryl methyl sites for hydroxylation is 1. The lowest BCUT2D eigenvalue weighted by atomic mass is 10.3. The van der Waals surface area contributed by atoms with Crippen LogP contribution in [-0.2, 0) is 21.8 Å². The number of nitrogens with one attached hydrogen (secondary N) is 1. The first-order chi connectivity index (χ1) is 8.52. The molecule has 0 unspecified atom stereocenters. The van der Waals surface area contributed by atoms with Gasteiger partial charge in [0, 0.05) is 19.1 Å². The molecule has 1 atom stereocenters. The lowest BCUT2D eigenvalue weighted by molar-refractivity contribution is -0.140. The Hall–Kier alpha value is -1.57. The van der Waals surface area contributed by atoms with Gasteiger partial charge in [-0.1, -0.05) is 12.1 Å². The Kier molecular flexibility index (Phi) is 5.63. The Morgan fingerprint density at radius 3 is 2.78 bits per heavy atom. The largest absolute Gasteiger partial charge is 0.480 e. The Labute approximate surface area is 108 Å². The first kappa shape index (κ1) is 14.5. The number of rotatable bonds is 7. The summed E-state index contributed by atoms with van der Waals surface area (Å²) in [6.07, 6.45) is 0.692. The molecule has 0 aliphatic carbocycles.